The lowest BCUT2D eigenvalue weighted by Gasteiger charge is -2.05. The van der Waals surface area contributed by atoms with Crippen LogP contribution in [0.2, 0.25) is 5.02 Å². The minimum Gasteiger partial charge on any atom is -0.466 e. The fourth-order valence-electron chi connectivity index (χ4n) is 2.37. The second-order valence-corrected chi connectivity index (χ2v) is 7.26. The Kier molecular flexibility index (Phi) is 7.53. The van der Waals surface area contributed by atoms with Crippen LogP contribution in [-0.4, -0.2) is 29.7 Å². The van der Waals surface area contributed by atoms with Gasteiger partial charge in [-0.3, -0.25) is 10.2 Å². The van der Waals surface area contributed by atoms with E-state index in [1.54, 1.807) is 61.0 Å². The second kappa shape index (κ2) is 10.5. The van der Waals surface area contributed by atoms with E-state index in [1.165, 1.54) is 11.3 Å². The van der Waals surface area contributed by atoms with Crippen LogP contribution in [0.3, 0.4) is 0 Å². The van der Waals surface area contributed by atoms with Gasteiger partial charge in [0, 0.05) is 10.4 Å². The Morgan fingerprint density at radius 2 is 2.03 bits per heavy atom. The SMILES string of the molecule is CCOC(=O)Cc1csc(NN=Cc2cccc(OC(=O)c3ccc(Cl)cc3)c2)n1. The highest BCUT2D eigenvalue weighted by molar-refractivity contribution is 7.13. The van der Waals surface area contributed by atoms with Gasteiger partial charge in [0.2, 0.25) is 5.13 Å². The Bertz CT molecular complexity index is 1050. The number of hydrogen-bond acceptors (Lipinski definition) is 8. The molecule has 0 amide bonds. The predicted octanol–water partition coefficient (Wildman–Crippen LogP) is 4.57. The van der Waals surface area contributed by atoms with E-state index < -0.39 is 5.97 Å². The molecule has 0 aliphatic carbocycles. The zero-order valence-electron chi connectivity index (χ0n) is 16.0. The largest absolute Gasteiger partial charge is 0.466 e. The maximum absolute atomic E-state index is 12.2. The van der Waals surface area contributed by atoms with Crippen molar-refractivity contribution < 1.29 is 19.1 Å². The van der Waals surface area contributed by atoms with E-state index in [0.717, 1.165) is 5.56 Å². The zero-order valence-corrected chi connectivity index (χ0v) is 17.6. The van der Waals surface area contributed by atoms with Crippen molar-refractivity contribution in [2.75, 3.05) is 12.0 Å². The number of nitrogens with zero attached hydrogens (tertiary/aromatic N) is 2. The number of aromatic nitrogens is 1. The van der Waals surface area contributed by atoms with Crippen LogP contribution in [-0.2, 0) is 16.0 Å². The molecule has 0 aliphatic rings. The number of thiazole rings is 1. The molecule has 154 valence electrons. The van der Waals surface area contributed by atoms with Gasteiger partial charge in [0.05, 0.1) is 30.5 Å². The first-order chi connectivity index (χ1) is 14.5. The number of nitrogens with one attached hydrogen (secondary N) is 1. The van der Waals surface area contributed by atoms with Gasteiger partial charge in [-0.15, -0.1) is 11.3 Å². The lowest BCUT2D eigenvalue weighted by Crippen LogP contribution is -2.08. The van der Waals surface area contributed by atoms with Gasteiger partial charge in [-0.1, -0.05) is 23.7 Å². The molecule has 3 rings (SSSR count). The van der Waals surface area contributed by atoms with E-state index in [4.69, 9.17) is 21.1 Å². The molecule has 0 saturated carbocycles. The molecule has 0 atom stereocenters. The van der Waals surface area contributed by atoms with Gasteiger partial charge in [0.15, 0.2) is 0 Å². The summed E-state index contributed by atoms with van der Waals surface area (Å²) in [4.78, 5) is 28.0. The number of carbonyl (C=O) groups excluding carboxylic acids is 2. The van der Waals surface area contributed by atoms with Crippen molar-refractivity contribution in [2.24, 2.45) is 5.10 Å². The average Bonchev–Trinajstić information content (AvgIpc) is 3.16. The number of hydrogen-bond donors (Lipinski definition) is 1. The van der Waals surface area contributed by atoms with E-state index in [-0.39, 0.29) is 12.4 Å². The van der Waals surface area contributed by atoms with Crippen molar-refractivity contribution in [2.45, 2.75) is 13.3 Å². The maximum Gasteiger partial charge on any atom is 0.343 e. The monoisotopic (exact) mass is 443 g/mol. The molecule has 0 unspecified atom stereocenters. The van der Waals surface area contributed by atoms with Gasteiger partial charge >= 0.3 is 11.9 Å². The minimum absolute atomic E-state index is 0.122. The molecular formula is C21H18ClN3O4S. The molecule has 0 spiro atoms. The van der Waals surface area contributed by atoms with E-state index >= 15 is 0 Å². The summed E-state index contributed by atoms with van der Waals surface area (Å²) >= 11 is 7.16. The fourth-order valence-corrected chi connectivity index (χ4v) is 3.16. The van der Waals surface area contributed by atoms with Crippen molar-refractivity contribution in [3.63, 3.8) is 0 Å². The quantitative estimate of drug-likeness (QED) is 0.237. The third-order valence-electron chi connectivity index (χ3n) is 3.70. The van der Waals surface area contributed by atoms with Gasteiger partial charge in [-0.25, -0.2) is 9.78 Å². The number of carbonyl (C=O) groups is 2. The lowest BCUT2D eigenvalue weighted by atomic mass is 10.2. The number of esters is 2. The van der Waals surface area contributed by atoms with Crippen LogP contribution in [0.1, 0.15) is 28.5 Å². The van der Waals surface area contributed by atoms with Crippen molar-refractivity contribution in [3.8, 4) is 5.75 Å². The molecule has 7 nitrogen and oxygen atoms in total. The molecule has 0 aliphatic heterocycles. The second-order valence-electron chi connectivity index (χ2n) is 5.96. The minimum atomic E-state index is -0.476. The zero-order chi connectivity index (χ0) is 21.3. The predicted molar refractivity (Wildman–Crippen MR) is 117 cm³/mol. The molecule has 1 aromatic heterocycles. The van der Waals surface area contributed by atoms with Crippen LogP contribution < -0.4 is 10.2 Å². The summed E-state index contributed by atoms with van der Waals surface area (Å²) in [5.74, 6) is -0.400. The number of hydrazone groups is 1. The summed E-state index contributed by atoms with van der Waals surface area (Å²) in [5, 5.41) is 7.00. The van der Waals surface area contributed by atoms with Gasteiger partial charge in [-0.05, 0) is 48.9 Å². The maximum atomic E-state index is 12.2. The van der Waals surface area contributed by atoms with Crippen molar-refractivity contribution in [1.29, 1.82) is 0 Å². The fraction of sp³-hybridized carbons (Fsp3) is 0.143. The van der Waals surface area contributed by atoms with E-state index in [0.29, 0.717) is 33.8 Å². The molecule has 0 saturated heterocycles. The van der Waals surface area contributed by atoms with Crippen LogP contribution in [0.5, 0.6) is 5.75 Å². The standard InChI is InChI=1S/C21H18ClN3O4S/c1-2-28-19(26)11-17-13-30-21(24-17)25-23-12-14-4-3-5-18(10-14)29-20(27)15-6-8-16(22)9-7-15/h3-10,12-13H,2,11H2,1H3,(H,24,25). The summed E-state index contributed by atoms with van der Waals surface area (Å²) in [6.07, 6.45) is 1.70. The van der Waals surface area contributed by atoms with E-state index in [9.17, 15) is 9.59 Å². The normalized spacial score (nSPS) is 10.7. The van der Waals surface area contributed by atoms with Crippen LogP contribution in [0.4, 0.5) is 5.13 Å². The van der Waals surface area contributed by atoms with Crippen LogP contribution in [0.25, 0.3) is 0 Å². The highest BCUT2D eigenvalue weighted by Gasteiger charge is 2.09. The molecule has 30 heavy (non-hydrogen) atoms. The summed E-state index contributed by atoms with van der Waals surface area (Å²) in [6, 6.07) is 13.4. The molecular weight excluding hydrogens is 426 g/mol. The molecule has 0 bridgehead atoms. The van der Waals surface area contributed by atoms with Crippen molar-refractivity contribution in [1.82, 2.24) is 4.98 Å². The average molecular weight is 444 g/mol. The number of benzene rings is 2. The highest BCUT2D eigenvalue weighted by atomic mass is 35.5. The smallest absolute Gasteiger partial charge is 0.343 e. The third kappa shape index (κ3) is 6.40. The number of rotatable bonds is 8. The number of halogens is 1. The molecule has 9 heteroatoms. The topological polar surface area (TPSA) is 89.9 Å². The van der Waals surface area contributed by atoms with Gasteiger partial charge < -0.3 is 9.47 Å². The lowest BCUT2D eigenvalue weighted by molar-refractivity contribution is -0.142. The molecule has 3 aromatic rings. The number of ether oxygens (including phenoxy) is 2. The van der Waals surface area contributed by atoms with E-state index in [2.05, 4.69) is 15.5 Å². The van der Waals surface area contributed by atoms with Gasteiger partial charge in [0.25, 0.3) is 0 Å². The van der Waals surface area contributed by atoms with Crippen LogP contribution in [0, 0.1) is 0 Å². The summed E-state index contributed by atoms with van der Waals surface area (Å²) in [7, 11) is 0. The Morgan fingerprint density at radius 3 is 2.80 bits per heavy atom. The molecule has 0 radical (unpaired) electrons. The first-order valence-electron chi connectivity index (χ1n) is 9.00. The van der Waals surface area contributed by atoms with Crippen molar-refractivity contribution in [3.05, 3.63) is 75.8 Å². The molecule has 0 fully saturated rings. The Balaban J connectivity index is 1.56. The Labute approximate surface area is 182 Å². The van der Waals surface area contributed by atoms with Gasteiger partial charge in [-0.2, -0.15) is 5.10 Å². The Morgan fingerprint density at radius 1 is 1.23 bits per heavy atom. The Hall–Kier alpha value is -3.23. The van der Waals surface area contributed by atoms with Gasteiger partial charge in [0.1, 0.15) is 5.75 Å². The van der Waals surface area contributed by atoms with Crippen LogP contribution in [0.15, 0.2) is 59.0 Å². The van der Waals surface area contributed by atoms with E-state index in [1.807, 2.05) is 6.07 Å². The number of anilines is 1. The summed E-state index contributed by atoms with van der Waals surface area (Å²) in [5.41, 5.74) is 4.57. The van der Waals surface area contributed by atoms with Crippen LogP contribution >= 0.6 is 22.9 Å². The first-order valence-corrected chi connectivity index (χ1v) is 10.3. The third-order valence-corrected chi connectivity index (χ3v) is 4.75. The van der Waals surface area contributed by atoms with Crippen molar-refractivity contribution >= 4 is 46.2 Å². The first kappa shape index (κ1) is 21.5. The molecule has 2 aromatic carbocycles. The molecule has 1 N–H and O–H groups in total. The summed E-state index contributed by atoms with van der Waals surface area (Å²) in [6.45, 7) is 2.10. The molecule has 1 heterocycles. The summed E-state index contributed by atoms with van der Waals surface area (Å²) < 4.78 is 10.3. The highest BCUT2D eigenvalue weighted by Crippen LogP contribution is 2.18.